The predicted octanol–water partition coefficient (Wildman–Crippen LogP) is 5.34. The van der Waals surface area contributed by atoms with Gasteiger partial charge in [-0.25, -0.2) is 19.2 Å². The van der Waals surface area contributed by atoms with Crippen molar-refractivity contribution in [3.63, 3.8) is 0 Å². The Kier molecular flexibility index (Phi) is 29.6. The van der Waals surface area contributed by atoms with E-state index in [1.165, 1.54) is 49.4 Å². The highest BCUT2D eigenvalue weighted by Gasteiger charge is 2.11. The quantitative estimate of drug-likeness (QED) is 0.0705. The summed E-state index contributed by atoms with van der Waals surface area (Å²) in [5.74, 6) is -3.23. The molecule has 0 rings (SSSR count). The predicted molar refractivity (Wildman–Crippen MR) is 183 cm³/mol. The molecule has 0 bridgehead atoms. The molecule has 12 heteroatoms. The van der Waals surface area contributed by atoms with Gasteiger partial charge in [0.1, 0.15) is 6.61 Å². The molecule has 0 aliphatic rings. The van der Waals surface area contributed by atoms with Gasteiger partial charge < -0.3 is 35.0 Å². The first-order valence-corrected chi connectivity index (χ1v) is 15.7. The van der Waals surface area contributed by atoms with E-state index in [9.17, 15) is 24.0 Å². The lowest BCUT2D eigenvalue weighted by Crippen LogP contribution is -2.38. The van der Waals surface area contributed by atoms with Crippen molar-refractivity contribution in [2.45, 2.75) is 98.4 Å². The molecule has 0 fully saturated rings. The lowest BCUT2D eigenvalue weighted by Gasteiger charge is -2.20. The molecule has 0 unspecified atom stereocenters. The van der Waals surface area contributed by atoms with Gasteiger partial charge in [-0.3, -0.25) is 4.79 Å². The maximum atomic E-state index is 11.6. The second kappa shape index (κ2) is 29.4. The molecule has 4 N–H and O–H groups in total. The number of aliphatic hydroxyl groups is 1. The Hall–Kier alpha value is -4.03. The Morgan fingerprint density at radius 3 is 1.94 bits per heavy atom. The number of hydrogen-bond acceptors (Lipinski definition) is 9. The maximum absolute atomic E-state index is 11.6. The number of aliphatic hydroxyl groups excluding tert-OH is 1. The van der Waals surface area contributed by atoms with Gasteiger partial charge in [-0.2, -0.15) is 0 Å². The third-order valence-corrected chi connectivity index (χ3v) is 5.69. The fourth-order valence-electron chi connectivity index (χ4n) is 3.12. The summed E-state index contributed by atoms with van der Waals surface area (Å²) in [5.41, 5.74) is 0.845. The first-order valence-electron chi connectivity index (χ1n) is 15.7. The van der Waals surface area contributed by atoms with Crippen molar-refractivity contribution in [3.05, 3.63) is 60.9 Å². The molecule has 0 spiro atoms. The molecule has 12 nitrogen and oxygen atoms in total. The van der Waals surface area contributed by atoms with E-state index in [-0.39, 0.29) is 48.2 Å². The van der Waals surface area contributed by atoms with Gasteiger partial charge >= 0.3 is 23.9 Å². The number of allylic oxidation sites excluding steroid dienone is 1. The van der Waals surface area contributed by atoms with Gasteiger partial charge in [0.25, 0.3) is 0 Å². The van der Waals surface area contributed by atoms with Crippen molar-refractivity contribution in [1.82, 2.24) is 10.2 Å². The second-order valence-electron chi connectivity index (χ2n) is 11.5. The average Bonchev–Trinajstić information content (AvgIpc) is 2.99. The molecular weight excluding hydrogens is 608 g/mol. The standard InChI is InChI=1S/C15H25NO3.C10H19NO2.C10H14O5/c1-4-6-7-8-9-10-11-16(14(17)5-2)12-13(3)15(18)19;1-8(2)9(12)13-7-6-11-10(3,4)5;1-8(4-2-5-9(12)13)10(14)15-7-3-6-11/h5,12H,2,4,6-11H2,1,3H3,(H,18,19);11H,1,6-7H2,2-5H3;2,5,11H,1,3-4,6-7H2,(H,12,13). The number of aliphatic carboxylic acids is 2. The zero-order valence-corrected chi connectivity index (χ0v) is 29.3. The van der Waals surface area contributed by atoms with E-state index < -0.39 is 17.9 Å². The number of carbonyl (C=O) groups is 5. The zero-order valence-electron chi connectivity index (χ0n) is 29.3. The number of nitrogens with one attached hydrogen (secondary N) is 1. The summed E-state index contributed by atoms with van der Waals surface area (Å²) in [6, 6.07) is 0. The highest BCUT2D eigenvalue weighted by Crippen LogP contribution is 2.08. The molecule has 47 heavy (non-hydrogen) atoms. The summed E-state index contributed by atoms with van der Waals surface area (Å²) < 4.78 is 9.62. The molecule has 0 saturated carbocycles. The fraction of sp³-hybridized carbons (Fsp3) is 0.571. The minimum Gasteiger partial charge on any atom is -0.478 e. The van der Waals surface area contributed by atoms with Crippen LogP contribution in [0.4, 0.5) is 0 Å². The number of ether oxygens (including phenoxy) is 2. The molecular formula is C35H58N2O10. The van der Waals surface area contributed by atoms with Crippen molar-refractivity contribution in [3.8, 4) is 0 Å². The van der Waals surface area contributed by atoms with E-state index in [0.717, 1.165) is 25.3 Å². The number of amides is 1. The third kappa shape index (κ3) is 33.2. The molecule has 0 aliphatic carbocycles. The summed E-state index contributed by atoms with van der Waals surface area (Å²) in [6.45, 7) is 23.5. The first-order chi connectivity index (χ1) is 21.9. The van der Waals surface area contributed by atoms with E-state index in [4.69, 9.17) is 24.8 Å². The fourth-order valence-corrected chi connectivity index (χ4v) is 3.12. The van der Waals surface area contributed by atoms with Crippen molar-refractivity contribution in [1.29, 1.82) is 0 Å². The van der Waals surface area contributed by atoms with Crippen LogP contribution in [0.15, 0.2) is 60.9 Å². The van der Waals surface area contributed by atoms with Crippen molar-refractivity contribution in [2.24, 2.45) is 0 Å². The van der Waals surface area contributed by atoms with Crippen LogP contribution in [0.5, 0.6) is 0 Å². The number of rotatable bonds is 21. The van der Waals surface area contributed by atoms with Crippen LogP contribution in [0.1, 0.15) is 92.9 Å². The molecule has 268 valence electrons. The van der Waals surface area contributed by atoms with Gasteiger partial charge in [-0.1, -0.05) is 64.8 Å². The number of carboxylic acids is 2. The number of carbonyl (C=O) groups excluding carboxylic acids is 3. The SMILES string of the molecule is C=C(C)C(=O)OCCNC(C)(C)C.C=C(CC=CC(=O)O)C(=O)OCCCO.C=CC(=O)N(C=C(C)C(=O)O)CCCCCCCC. The van der Waals surface area contributed by atoms with Crippen LogP contribution in [-0.4, -0.2) is 88.5 Å². The summed E-state index contributed by atoms with van der Waals surface area (Å²) in [7, 11) is 0. The van der Waals surface area contributed by atoms with Gasteiger partial charge in [-0.05, 0) is 53.5 Å². The lowest BCUT2D eigenvalue weighted by atomic mass is 10.1. The number of carboxylic acid groups (broad SMARTS) is 2. The van der Waals surface area contributed by atoms with E-state index in [0.29, 0.717) is 31.7 Å². The summed E-state index contributed by atoms with van der Waals surface area (Å²) >= 11 is 0. The van der Waals surface area contributed by atoms with E-state index in [1.807, 2.05) is 0 Å². The summed E-state index contributed by atoms with van der Waals surface area (Å²) in [6.07, 6.45) is 12.1. The van der Waals surface area contributed by atoms with E-state index >= 15 is 0 Å². The van der Waals surface area contributed by atoms with Crippen molar-refractivity contribution < 1.29 is 48.8 Å². The maximum Gasteiger partial charge on any atom is 0.333 e. The summed E-state index contributed by atoms with van der Waals surface area (Å²) in [5, 5.41) is 28.7. The largest absolute Gasteiger partial charge is 0.478 e. The van der Waals surface area contributed by atoms with Crippen LogP contribution in [0, 0.1) is 0 Å². The normalized spacial score (nSPS) is 10.8. The van der Waals surface area contributed by atoms with Crippen LogP contribution in [0.3, 0.4) is 0 Å². The van der Waals surface area contributed by atoms with Crippen LogP contribution < -0.4 is 5.32 Å². The molecule has 0 radical (unpaired) electrons. The highest BCUT2D eigenvalue weighted by atomic mass is 16.5. The van der Waals surface area contributed by atoms with Crippen molar-refractivity contribution >= 4 is 29.8 Å². The second-order valence-corrected chi connectivity index (χ2v) is 11.5. The van der Waals surface area contributed by atoms with Crippen LogP contribution in [-0.2, 0) is 33.4 Å². The highest BCUT2D eigenvalue weighted by molar-refractivity contribution is 5.90. The van der Waals surface area contributed by atoms with Gasteiger partial charge in [0.05, 0.1) is 12.2 Å². The zero-order chi connectivity index (χ0) is 36.8. The van der Waals surface area contributed by atoms with Crippen LogP contribution in [0.25, 0.3) is 0 Å². The number of esters is 2. The molecule has 0 aromatic heterocycles. The number of unbranched alkanes of at least 4 members (excludes halogenated alkanes) is 5. The van der Waals surface area contributed by atoms with Gasteiger partial charge in [-0.15, -0.1) is 0 Å². The Balaban J connectivity index is -0.000000631. The Morgan fingerprint density at radius 2 is 1.45 bits per heavy atom. The topological polar surface area (TPSA) is 180 Å². The van der Waals surface area contributed by atoms with E-state index in [1.54, 1.807) is 6.92 Å². The van der Waals surface area contributed by atoms with Gasteiger partial charge in [0, 0.05) is 55.1 Å². The molecule has 0 aromatic rings. The number of hydrogen-bond donors (Lipinski definition) is 4. The molecule has 1 amide bonds. The van der Waals surface area contributed by atoms with Crippen LogP contribution in [0.2, 0.25) is 0 Å². The number of nitrogens with zero attached hydrogens (tertiary/aromatic N) is 1. The molecule has 0 saturated heterocycles. The Morgan fingerprint density at radius 1 is 0.872 bits per heavy atom. The lowest BCUT2D eigenvalue weighted by molar-refractivity contribution is -0.140. The summed E-state index contributed by atoms with van der Waals surface area (Å²) in [4.78, 5) is 55.9. The molecule has 0 aromatic carbocycles. The monoisotopic (exact) mass is 666 g/mol. The van der Waals surface area contributed by atoms with Crippen molar-refractivity contribution in [2.75, 3.05) is 32.9 Å². The Labute approximate surface area is 280 Å². The van der Waals surface area contributed by atoms with Crippen LogP contribution >= 0.6 is 0 Å². The Bertz CT molecular complexity index is 1060. The molecule has 0 aliphatic heterocycles. The third-order valence-electron chi connectivity index (χ3n) is 5.69. The minimum atomic E-state index is -1.07. The average molecular weight is 667 g/mol. The molecule has 0 heterocycles. The minimum absolute atomic E-state index is 0.0430. The van der Waals surface area contributed by atoms with Gasteiger partial charge in [0.15, 0.2) is 0 Å². The first kappa shape index (κ1) is 47.4. The smallest absolute Gasteiger partial charge is 0.333 e. The van der Waals surface area contributed by atoms with Gasteiger partial charge in [0.2, 0.25) is 5.91 Å². The molecule has 0 atom stereocenters. The van der Waals surface area contributed by atoms with E-state index in [2.05, 4.69) is 52.7 Å².